The van der Waals surface area contributed by atoms with Crippen LogP contribution in [0.4, 0.5) is 0 Å². The highest BCUT2D eigenvalue weighted by Crippen LogP contribution is 2.13. The van der Waals surface area contributed by atoms with E-state index >= 15 is 0 Å². The minimum Gasteiger partial charge on any atom is -0.329 e. The van der Waals surface area contributed by atoms with Gasteiger partial charge in [-0.1, -0.05) is 11.5 Å². The second kappa shape index (κ2) is 12.8. The Morgan fingerprint density at radius 1 is 1.00 bits per heavy atom. The molecule has 0 aromatic carbocycles. The topological polar surface area (TPSA) is 41.6 Å². The third-order valence-electron chi connectivity index (χ3n) is 2.75. The predicted octanol–water partition coefficient (Wildman–Crippen LogP) is 2.41. The van der Waals surface area contributed by atoms with Crippen LogP contribution in [0.15, 0.2) is 97.4 Å². The van der Waals surface area contributed by atoms with E-state index in [2.05, 4.69) is 96.7 Å². The molecule has 0 aliphatic carbocycles. The van der Waals surface area contributed by atoms with Crippen LogP contribution in [0.3, 0.4) is 0 Å². The van der Waals surface area contributed by atoms with Crippen LogP contribution < -0.4 is 5.73 Å². The fraction of sp³-hybridized carbons (Fsp3) is 0.227. The summed E-state index contributed by atoms with van der Waals surface area (Å²) in [6.07, 6.45) is 1.85. The maximum absolute atomic E-state index is 5.58. The number of hydrogen-bond donors (Lipinski definition) is 1. The lowest BCUT2D eigenvalue weighted by Gasteiger charge is -2.21. The molecule has 1 atom stereocenters. The van der Waals surface area contributed by atoms with Crippen molar-refractivity contribution in [3.05, 3.63) is 92.4 Å². The maximum atomic E-state index is 5.58. The monoisotopic (exact) mass is 321 g/mol. The SMILES string of the molecule is C=C=C=C=C=C=C=C=C=C=C=C=C=C=C=C(C)C1N=CCN1CCN. The molecule has 0 spiro atoms. The molecule has 0 saturated heterocycles. The molecular weight excluding hydrogens is 306 g/mol. The van der Waals surface area contributed by atoms with E-state index in [9.17, 15) is 0 Å². The summed E-state index contributed by atoms with van der Waals surface area (Å²) in [4.78, 5) is 6.55. The van der Waals surface area contributed by atoms with Gasteiger partial charge in [0.25, 0.3) is 0 Å². The molecular formula is C22H15N3. The fourth-order valence-corrected chi connectivity index (χ4v) is 1.76. The van der Waals surface area contributed by atoms with E-state index in [0.717, 1.165) is 18.7 Å². The quantitative estimate of drug-likeness (QED) is 0.811. The lowest BCUT2D eigenvalue weighted by molar-refractivity contribution is 0.287. The molecule has 0 amide bonds. The van der Waals surface area contributed by atoms with Crippen LogP contribution in [0.2, 0.25) is 0 Å². The van der Waals surface area contributed by atoms with Gasteiger partial charge in [-0.2, -0.15) is 0 Å². The van der Waals surface area contributed by atoms with Crippen molar-refractivity contribution in [1.29, 1.82) is 0 Å². The highest BCUT2D eigenvalue weighted by atomic mass is 15.3. The van der Waals surface area contributed by atoms with E-state index in [-0.39, 0.29) is 6.17 Å². The van der Waals surface area contributed by atoms with Gasteiger partial charge in [0.05, 0.1) is 0 Å². The minimum absolute atomic E-state index is 0.0314. The third-order valence-corrected chi connectivity index (χ3v) is 2.75. The standard InChI is InChI=1S/C22H15N3/c1-3-4-5-6-7-8-9-10-11-12-13-14-15-16-21(2)22-24-18-20-25(22)19-17-23/h18,22H,1,17,19-20,23H2,2H3. The van der Waals surface area contributed by atoms with Crippen LogP contribution >= 0.6 is 0 Å². The zero-order chi connectivity index (χ0) is 18.2. The second-order valence-corrected chi connectivity index (χ2v) is 4.47. The molecule has 0 radical (unpaired) electrons. The van der Waals surface area contributed by atoms with Gasteiger partial charge in [0, 0.05) is 31.4 Å². The van der Waals surface area contributed by atoms with Crippen LogP contribution in [-0.2, 0) is 0 Å². The molecule has 1 aliphatic rings. The summed E-state index contributed by atoms with van der Waals surface area (Å²) < 4.78 is 0. The summed E-state index contributed by atoms with van der Waals surface area (Å²) in [5, 5.41) is 0. The van der Waals surface area contributed by atoms with E-state index in [0.29, 0.717) is 6.54 Å². The largest absolute Gasteiger partial charge is 0.329 e. The summed E-state index contributed by atoms with van der Waals surface area (Å²) >= 11 is 0. The van der Waals surface area contributed by atoms with Crippen LogP contribution in [0.5, 0.6) is 0 Å². The zero-order valence-electron chi connectivity index (χ0n) is 14.0. The minimum atomic E-state index is -0.0314. The molecule has 2 N–H and O–H groups in total. The molecule has 118 valence electrons. The van der Waals surface area contributed by atoms with Gasteiger partial charge >= 0.3 is 0 Å². The molecule has 0 aromatic heterocycles. The van der Waals surface area contributed by atoms with E-state index in [4.69, 9.17) is 5.73 Å². The lowest BCUT2D eigenvalue weighted by atomic mass is 10.2. The molecule has 1 rings (SSSR count). The smallest absolute Gasteiger partial charge is 0.131 e. The van der Waals surface area contributed by atoms with Crippen molar-refractivity contribution in [2.75, 3.05) is 19.6 Å². The third kappa shape index (κ3) is 8.45. The Morgan fingerprint density at radius 3 is 2.04 bits per heavy atom. The van der Waals surface area contributed by atoms with Crippen molar-refractivity contribution >= 4 is 6.21 Å². The Kier molecular flexibility index (Phi) is 9.85. The van der Waals surface area contributed by atoms with Gasteiger partial charge in [0.1, 0.15) is 6.17 Å². The van der Waals surface area contributed by atoms with Crippen molar-refractivity contribution < 1.29 is 0 Å². The average molecular weight is 321 g/mol. The molecule has 0 saturated carbocycles. The molecule has 1 aliphatic heterocycles. The van der Waals surface area contributed by atoms with Crippen LogP contribution in [0, 0.1) is 0 Å². The number of nitrogens with two attached hydrogens (primary N) is 1. The Morgan fingerprint density at radius 2 is 1.52 bits per heavy atom. The van der Waals surface area contributed by atoms with Gasteiger partial charge < -0.3 is 5.73 Å². The molecule has 1 heterocycles. The highest BCUT2D eigenvalue weighted by Gasteiger charge is 2.21. The maximum Gasteiger partial charge on any atom is 0.131 e. The zero-order valence-corrected chi connectivity index (χ0v) is 14.0. The number of rotatable bonds is 3. The molecule has 3 nitrogen and oxygen atoms in total. The Balaban J connectivity index is 3.10. The normalized spacial score (nSPS) is 13.0. The highest BCUT2D eigenvalue weighted by molar-refractivity contribution is 5.63. The van der Waals surface area contributed by atoms with Crippen molar-refractivity contribution in [1.82, 2.24) is 4.90 Å². The first kappa shape index (κ1) is 19.3. The second-order valence-electron chi connectivity index (χ2n) is 4.47. The van der Waals surface area contributed by atoms with Crippen molar-refractivity contribution in [2.24, 2.45) is 10.7 Å². The molecule has 1 unspecified atom stereocenters. The molecule has 0 bridgehead atoms. The van der Waals surface area contributed by atoms with Crippen molar-refractivity contribution in [3.8, 4) is 0 Å². The summed E-state index contributed by atoms with van der Waals surface area (Å²) in [5.74, 6) is 0. The van der Waals surface area contributed by atoms with Gasteiger partial charge in [-0.05, 0) is 82.3 Å². The summed E-state index contributed by atoms with van der Waals surface area (Å²) in [5.41, 5.74) is 42.7. The molecule has 0 aromatic rings. The van der Waals surface area contributed by atoms with Gasteiger partial charge in [-0.3, -0.25) is 9.89 Å². The Hall–Kier alpha value is -3.75. The van der Waals surface area contributed by atoms with Crippen LogP contribution in [-0.4, -0.2) is 36.9 Å². The van der Waals surface area contributed by atoms with Gasteiger partial charge in [-0.15, -0.1) is 0 Å². The van der Waals surface area contributed by atoms with Crippen molar-refractivity contribution in [2.45, 2.75) is 13.1 Å². The predicted molar refractivity (Wildman–Crippen MR) is 96.9 cm³/mol. The van der Waals surface area contributed by atoms with Gasteiger partial charge in [-0.25, -0.2) is 0 Å². The first-order valence-electron chi connectivity index (χ1n) is 7.37. The van der Waals surface area contributed by atoms with Gasteiger partial charge in [0.15, 0.2) is 0 Å². The number of aliphatic imine (C=N–C) groups is 1. The van der Waals surface area contributed by atoms with Gasteiger partial charge in [0.2, 0.25) is 0 Å². The lowest BCUT2D eigenvalue weighted by Crippen LogP contribution is -2.35. The van der Waals surface area contributed by atoms with E-state index < -0.39 is 0 Å². The Labute approximate surface area is 147 Å². The first-order chi connectivity index (χ1) is 12.3. The summed E-state index contributed by atoms with van der Waals surface area (Å²) in [6.45, 7) is 7.44. The molecule has 25 heavy (non-hydrogen) atoms. The first-order valence-corrected chi connectivity index (χ1v) is 7.37. The van der Waals surface area contributed by atoms with Crippen molar-refractivity contribution in [3.63, 3.8) is 0 Å². The molecule has 3 heteroatoms. The summed E-state index contributed by atoms with van der Waals surface area (Å²) in [7, 11) is 0. The molecule has 0 fully saturated rings. The van der Waals surface area contributed by atoms with E-state index in [1.807, 2.05) is 13.1 Å². The van der Waals surface area contributed by atoms with E-state index in [1.54, 1.807) is 0 Å². The number of nitrogens with zero attached hydrogens (tertiary/aromatic N) is 2. The van der Waals surface area contributed by atoms with Crippen LogP contribution in [0.25, 0.3) is 0 Å². The van der Waals surface area contributed by atoms with Crippen LogP contribution in [0.1, 0.15) is 6.92 Å². The number of hydrogen-bond acceptors (Lipinski definition) is 3. The fourth-order valence-electron chi connectivity index (χ4n) is 1.76. The summed E-state index contributed by atoms with van der Waals surface area (Å²) in [6, 6.07) is 0. The Bertz CT molecular complexity index is 1060. The van der Waals surface area contributed by atoms with E-state index in [1.165, 1.54) is 0 Å². The average Bonchev–Trinajstić information content (AvgIpc) is 3.07.